The second-order valence-electron chi connectivity index (χ2n) is 7.38. The van der Waals surface area contributed by atoms with E-state index in [2.05, 4.69) is 52.0 Å². The number of benzene rings is 1. The van der Waals surface area contributed by atoms with Crippen LogP contribution in [0.15, 0.2) is 24.3 Å². The molecule has 2 N–H and O–H groups in total. The summed E-state index contributed by atoms with van der Waals surface area (Å²) < 4.78 is 5.95. The summed E-state index contributed by atoms with van der Waals surface area (Å²) in [6.07, 6.45) is 4.37. The standard InChI is InChI=1S/C18H29NO/c1-17(2,3)15-9-7-14(8-10-15)13-16(19)18(4)11-5-6-12-20-18/h7-10,16H,5-6,11-13,19H2,1-4H3. The van der Waals surface area contributed by atoms with Crippen LogP contribution in [0.1, 0.15) is 58.1 Å². The molecule has 1 saturated heterocycles. The molecule has 1 fully saturated rings. The fourth-order valence-corrected chi connectivity index (χ4v) is 2.86. The third kappa shape index (κ3) is 3.62. The van der Waals surface area contributed by atoms with Gasteiger partial charge >= 0.3 is 0 Å². The molecule has 20 heavy (non-hydrogen) atoms. The molecule has 1 aromatic rings. The molecular formula is C18H29NO. The summed E-state index contributed by atoms with van der Waals surface area (Å²) in [5, 5.41) is 0. The van der Waals surface area contributed by atoms with E-state index < -0.39 is 0 Å². The lowest BCUT2D eigenvalue weighted by atomic mass is 9.83. The molecule has 2 nitrogen and oxygen atoms in total. The van der Waals surface area contributed by atoms with Crippen LogP contribution in [0.4, 0.5) is 0 Å². The van der Waals surface area contributed by atoms with Gasteiger partial charge in [-0.05, 0) is 49.1 Å². The first-order valence-corrected chi connectivity index (χ1v) is 7.80. The minimum Gasteiger partial charge on any atom is -0.374 e. The molecule has 2 rings (SSSR count). The van der Waals surface area contributed by atoms with Crippen molar-refractivity contribution in [1.82, 2.24) is 0 Å². The van der Waals surface area contributed by atoms with Crippen molar-refractivity contribution < 1.29 is 4.74 Å². The highest BCUT2D eigenvalue weighted by Crippen LogP contribution is 2.29. The van der Waals surface area contributed by atoms with E-state index in [9.17, 15) is 0 Å². The second-order valence-corrected chi connectivity index (χ2v) is 7.38. The largest absolute Gasteiger partial charge is 0.374 e. The van der Waals surface area contributed by atoms with Gasteiger partial charge < -0.3 is 10.5 Å². The molecule has 1 aliphatic heterocycles. The van der Waals surface area contributed by atoms with Crippen LogP contribution < -0.4 is 5.73 Å². The van der Waals surface area contributed by atoms with Crippen LogP contribution in [-0.4, -0.2) is 18.2 Å². The average molecular weight is 275 g/mol. The zero-order valence-electron chi connectivity index (χ0n) is 13.4. The maximum absolute atomic E-state index is 6.41. The zero-order chi connectivity index (χ0) is 14.8. The molecule has 0 radical (unpaired) electrons. The number of rotatable bonds is 3. The summed E-state index contributed by atoms with van der Waals surface area (Å²) in [5.74, 6) is 0. The van der Waals surface area contributed by atoms with Gasteiger partial charge in [-0.2, -0.15) is 0 Å². The smallest absolute Gasteiger partial charge is 0.0807 e. The van der Waals surface area contributed by atoms with E-state index in [-0.39, 0.29) is 17.1 Å². The van der Waals surface area contributed by atoms with Gasteiger partial charge in [-0.25, -0.2) is 0 Å². The van der Waals surface area contributed by atoms with Crippen LogP contribution in [0.2, 0.25) is 0 Å². The maximum Gasteiger partial charge on any atom is 0.0807 e. The topological polar surface area (TPSA) is 35.2 Å². The Balaban J connectivity index is 2.02. The normalized spacial score (nSPS) is 25.4. The maximum atomic E-state index is 6.41. The Morgan fingerprint density at radius 1 is 1.20 bits per heavy atom. The first kappa shape index (κ1) is 15.5. The Hall–Kier alpha value is -0.860. The van der Waals surface area contributed by atoms with Crippen molar-refractivity contribution in [3.05, 3.63) is 35.4 Å². The molecule has 1 aromatic carbocycles. The number of hydrogen-bond acceptors (Lipinski definition) is 2. The summed E-state index contributed by atoms with van der Waals surface area (Å²) in [6.45, 7) is 9.74. The number of nitrogens with two attached hydrogens (primary N) is 1. The Bertz CT molecular complexity index is 424. The monoisotopic (exact) mass is 275 g/mol. The van der Waals surface area contributed by atoms with Crippen molar-refractivity contribution in [3.63, 3.8) is 0 Å². The van der Waals surface area contributed by atoms with Gasteiger partial charge in [0.25, 0.3) is 0 Å². The van der Waals surface area contributed by atoms with E-state index in [4.69, 9.17) is 10.5 Å². The molecule has 2 unspecified atom stereocenters. The first-order valence-electron chi connectivity index (χ1n) is 7.80. The fraction of sp³-hybridized carbons (Fsp3) is 0.667. The summed E-state index contributed by atoms with van der Waals surface area (Å²) in [4.78, 5) is 0. The second kappa shape index (κ2) is 5.87. The van der Waals surface area contributed by atoms with E-state index in [0.717, 1.165) is 19.4 Å². The molecule has 0 aromatic heterocycles. The Labute approximate surface area is 123 Å². The molecule has 0 aliphatic carbocycles. The van der Waals surface area contributed by atoms with Gasteiger partial charge in [0.05, 0.1) is 5.60 Å². The van der Waals surface area contributed by atoms with E-state index in [1.165, 1.54) is 24.0 Å². The lowest BCUT2D eigenvalue weighted by Crippen LogP contribution is -2.50. The molecule has 0 amide bonds. The van der Waals surface area contributed by atoms with E-state index in [1.807, 2.05) is 0 Å². The Morgan fingerprint density at radius 2 is 1.85 bits per heavy atom. The Kier molecular flexibility index (Phi) is 4.55. The van der Waals surface area contributed by atoms with Crippen molar-refractivity contribution in [2.45, 2.75) is 70.4 Å². The lowest BCUT2D eigenvalue weighted by molar-refractivity contribution is -0.0808. The molecular weight excluding hydrogens is 246 g/mol. The van der Waals surface area contributed by atoms with Gasteiger partial charge in [0.2, 0.25) is 0 Å². The van der Waals surface area contributed by atoms with Crippen molar-refractivity contribution in [2.24, 2.45) is 5.73 Å². The quantitative estimate of drug-likeness (QED) is 0.910. The highest BCUT2D eigenvalue weighted by Gasteiger charge is 2.34. The molecule has 1 heterocycles. The fourth-order valence-electron chi connectivity index (χ4n) is 2.86. The average Bonchev–Trinajstić information content (AvgIpc) is 2.39. The van der Waals surface area contributed by atoms with Crippen molar-refractivity contribution in [1.29, 1.82) is 0 Å². The van der Waals surface area contributed by atoms with E-state index in [0.29, 0.717) is 0 Å². The highest BCUT2D eigenvalue weighted by molar-refractivity contribution is 5.28. The predicted octanol–water partition coefficient (Wildman–Crippen LogP) is 3.81. The molecule has 0 spiro atoms. The number of ether oxygens (including phenoxy) is 1. The molecule has 1 aliphatic rings. The first-order chi connectivity index (χ1) is 9.31. The van der Waals surface area contributed by atoms with Gasteiger partial charge in [-0.3, -0.25) is 0 Å². The van der Waals surface area contributed by atoms with E-state index in [1.54, 1.807) is 0 Å². The van der Waals surface area contributed by atoms with Crippen LogP contribution in [-0.2, 0) is 16.6 Å². The van der Waals surface area contributed by atoms with Gasteiger partial charge in [0.1, 0.15) is 0 Å². The Morgan fingerprint density at radius 3 is 2.35 bits per heavy atom. The minimum atomic E-state index is -0.152. The zero-order valence-corrected chi connectivity index (χ0v) is 13.4. The summed E-state index contributed by atoms with van der Waals surface area (Å²) in [7, 11) is 0. The molecule has 112 valence electrons. The third-order valence-corrected chi connectivity index (χ3v) is 4.56. The molecule has 2 atom stereocenters. The van der Waals surface area contributed by atoms with Gasteiger partial charge in [0, 0.05) is 12.6 Å². The van der Waals surface area contributed by atoms with E-state index >= 15 is 0 Å². The van der Waals surface area contributed by atoms with Gasteiger partial charge in [-0.1, -0.05) is 45.0 Å². The van der Waals surface area contributed by atoms with Crippen LogP contribution in [0, 0.1) is 0 Å². The highest BCUT2D eigenvalue weighted by atomic mass is 16.5. The lowest BCUT2D eigenvalue weighted by Gasteiger charge is -2.39. The third-order valence-electron chi connectivity index (χ3n) is 4.56. The molecule has 2 heteroatoms. The number of hydrogen-bond donors (Lipinski definition) is 1. The summed E-state index contributed by atoms with van der Waals surface area (Å²) in [5.41, 5.74) is 9.15. The van der Waals surface area contributed by atoms with Crippen molar-refractivity contribution >= 4 is 0 Å². The SMILES string of the molecule is CC(C)(C)c1ccc(CC(N)C2(C)CCCCO2)cc1. The van der Waals surface area contributed by atoms with Crippen molar-refractivity contribution in [2.75, 3.05) is 6.61 Å². The van der Waals surface area contributed by atoms with Crippen LogP contribution in [0.25, 0.3) is 0 Å². The van der Waals surface area contributed by atoms with Crippen LogP contribution in [0.3, 0.4) is 0 Å². The molecule has 0 saturated carbocycles. The van der Waals surface area contributed by atoms with Crippen LogP contribution in [0.5, 0.6) is 0 Å². The minimum absolute atomic E-state index is 0.0725. The summed E-state index contributed by atoms with van der Waals surface area (Å²) >= 11 is 0. The van der Waals surface area contributed by atoms with Gasteiger partial charge in [-0.15, -0.1) is 0 Å². The van der Waals surface area contributed by atoms with Crippen molar-refractivity contribution in [3.8, 4) is 0 Å². The summed E-state index contributed by atoms with van der Waals surface area (Å²) in [6, 6.07) is 8.96. The predicted molar refractivity (Wildman–Crippen MR) is 85.0 cm³/mol. The van der Waals surface area contributed by atoms with Gasteiger partial charge in [0.15, 0.2) is 0 Å². The van der Waals surface area contributed by atoms with Crippen LogP contribution >= 0.6 is 0 Å². The molecule has 0 bridgehead atoms.